The van der Waals surface area contributed by atoms with E-state index in [0.717, 1.165) is 0 Å². The molecule has 27 heavy (non-hydrogen) atoms. The smallest absolute Gasteiger partial charge is 0.421 e. The summed E-state index contributed by atoms with van der Waals surface area (Å²) in [6.45, 7) is 4.09. The molecule has 1 rings (SSSR count). The lowest BCUT2D eigenvalue weighted by Crippen LogP contribution is -2.47. The van der Waals surface area contributed by atoms with E-state index < -0.39 is 46.4 Å². The van der Waals surface area contributed by atoms with Crippen LogP contribution in [0.1, 0.15) is 46.5 Å². The number of esters is 1. The van der Waals surface area contributed by atoms with Crippen LogP contribution in [0, 0.1) is 11.3 Å². The Morgan fingerprint density at radius 2 is 1.67 bits per heavy atom. The number of nitrogens with zero attached hydrogens (tertiary/aromatic N) is 1. The van der Waals surface area contributed by atoms with Gasteiger partial charge < -0.3 is 16.2 Å². The van der Waals surface area contributed by atoms with Crippen molar-refractivity contribution >= 4 is 28.3 Å². The number of hydrogen-bond donors (Lipinski definition) is 2. The van der Waals surface area contributed by atoms with Crippen LogP contribution in [0.25, 0.3) is 0 Å². The number of ether oxygens (including phenoxy) is 1. The first kappa shape index (κ1) is 23.1. The highest BCUT2D eigenvalue weighted by Crippen LogP contribution is 2.28. The Kier molecular flexibility index (Phi) is 7.99. The largest absolute Gasteiger partial charge is 0.466 e. The van der Waals surface area contributed by atoms with E-state index in [1.807, 2.05) is 0 Å². The number of hydroxylamine groups is 2. The molecule has 0 aromatic heterocycles. The second-order valence-corrected chi connectivity index (χ2v) is 8.12. The number of carbonyl (C=O) groups is 3. The van der Waals surface area contributed by atoms with Crippen molar-refractivity contribution in [2.45, 2.75) is 52.5 Å². The quantitative estimate of drug-likeness (QED) is 0.402. The predicted octanol–water partition coefficient (Wildman–Crippen LogP) is 0.194. The first-order chi connectivity index (χ1) is 12.4. The van der Waals surface area contributed by atoms with Crippen LogP contribution in [0.4, 0.5) is 4.79 Å². The number of nitrogens with two attached hydrogens (primary N) is 2. The predicted molar refractivity (Wildman–Crippen MR) is 92.7 cm³/mol. The van der Waals surface area contributed by atoms with E-state index in [9.17, 15) is 22.8 Å². The van der Waals surface area contributed by atoms with Crippen LogP contribution >= 0.6 is 0 Å². The van der Waals surface area contributed by atoms with Gasteiger partial charge in [0.15, 0.2) is 0 Å². The van der Waals surface area contributed by atoms with Crippen molar-refractivity contribution in [3.63, 3.8) is 0 Å². The Labute approximate surface area is 158 Å². The zero-order valence-corrected chi connectivity index (χ0v) is 16.5. The SMILES string of the molecule is CCOC(=O)C(C)(C)COS(=O)(=O)ON(C(N)=O)C1CCC(C(N)=O)CC1. The van der Waals surface area contributed by atoms with Crippen LogP contribution in [-0.2, 0) is 33.2 Å². The summed E-state index contributed by atoms with van der Waals surface area (Å²) in [4.78, 5) is 34.6. The van der Waals surface area contributed by atoms with E-state index in [1.54, 1.807) is 6.92 Å². The maximum Gasteiger partial charge on any atom is 0.421 e. The molecule has 1 aliphatic carbocycles. The summed E-state index contributed by atoms with van der Waals surface area (Å²) in [7, 11) is -4.66. The monoisotopic (exact) mass is 409 g/mol. The van der Waals surface area contributed by atoms with Gasteiger partial charge in [0.25, 0.3) is 0 Å². The van der Waals surface area contributed by atoms with Gasteiger partial charge in [-0.1, -0.05) is 0 Å². The number of hydrogen-bond acceptors (Lipinski definition) is 8. The van der Waals surface area contributed by atoms with Crippen LogP contribution in [0.2, 0.25) is 0 Å². The van der Waals surface area contributed by atoms with Crippen LogP contribution < -0.4 is 11.5 Å². The third-order valence-electron chi connectivity index (χ3n) is 4.21. The molecule has 12 heteroatoms. The molecule has 1 fully saturated rings. The van der Waals surface area contributed by atoms with E-state index in [-0.39, 0.29) is 12.5 Å². The minimum atomic E-state index is -4.66. The van der Waals surface area contributed by atoms with E-state index in [0.29, 0.717) is 30.7 Å². The van der Waals surface area contributed by atoms with Gasteiger partial charge in [0.05, 0.1) is 24.7 Å². The zero-order chi connectivity index (χ0) is 20.8. The van der Waals surface area contributed by atoms with Gasteiger partial charge in [0.2, 0.25) is 5.91 Å². The van der Waals surface area contributed by atoms with Crippen LogP contribution in [0.5, 0.6) is 0 Å². The number of urea groups is 1. The topological polar surface area (TPSA) is 168 Å². The average Bonchev–Trinajstić information content (AvgIpc) is 2.58. The highest BCUT2D eigenvalue weighted by molar-refractivity contribution is 7.81. The molecular formula is C15H27N3O8S. The number of rotatable bonds is 9. The van der Waals surface area contributed by atoms with E-state index in [2.05, 4.69) is 0 Å². The molecule has 0 atom stereocenters. The lowest BCUT2D eigenvalue weighted by Gasteiger charge is -2.33. The summed E-state index contributed by atoms with van der Waals surface area (Å²) in [5.41, 5.74) is 9.22. The summed E-state index contributed by atoms with van der Waals surface area (Å²) in [6.07, 6.45) is 1.34. The zero-order valence-electron chi connectivity index (χ0n) is 15.7. The maximum absolute atomic E-state index is 12.1. The Bertz CT molecular complexity index is 656. The summed E-state index contributed by atoms with van der Waals surface area (Å²) < 4.78 is 38.4. The molecule has 0 bridgehead atoms. The van der Waals surface area contributed by atoms with Crippen molar-refractivity contribution in [2.24, 2.45) is 22.8 Å². The lowest BCUT2D eigenvalue weighted by atomic mass is 9.85. The molecule has 0 unspecified atom stereocenters. The van der Waals surface area contributed by atoms with Gasteiger partial charge >= 0.3 is 22.4 Å². The molecule has 0 aromatic rings. The normalized spacial score (nSPS) is 20.7. The highest BCUT2D eigenvalue weighted by Gasteiger charge is 2.36. The number of carbonyl (C=O) groups excluding carboxylic acids is 3. The minimum absolute atomic E-state index is 0.134. The summed E-state index contributed by atoms with van der Waals surface area (Å²) in [6, 6.07) is -1.76. The van der Waals surface area contributed by atoms with Crippen molar-refractivity contribution in [2.75, 3.05) is 13.2 Å². The molecule has 3 amide bonds. The molecule has 0 radical (unpaired) electrons. The highest BCUT2D eigenvalue weighted by atomic mass is 32.3. The molecule has 11 nitrogen and oxygen atoms in total. The second kappa shape index (κ2) is 9.33. The van der Waals surface area contributed by atoms with Crippen molar-refractivity contribution in [1.29, 1.82) is 0 Å². The van der Waals surface area contributed by atoms with E-state index >= 15 is 0 Å². The third-order valence-corrected chi connectivity index (χ3v) is 4.96. The Hall–Kier alpha value is -1.92. The van der Waals surface area contributed by atoms with Crippen LogP contribution in [0.15, 0.2) is 0 Å². The molecule has 156 valence electrons. The summed E-state index contributed by atoms with van der Waals surface area (Å²) in [5, 5.41) is 0.518. The van der Waals surface area contributed by atoms with Crippen molar-refractivity contribution in [1.82, 2.24) is 5.06 Å². The molecule has 1 aliphatic rings. The van der Waals surface area contributed by atoms with E-state index in [1.165, 1.54) is 13.8 Å². The Morgan fingerprint density at radius 1 is 1.11 bits per heavy atom. The molecular weight excluding hydrogens is 382 g/mol. The van der Waals surface area contributed by atoms with Crippen LogP contribution in [-0.4, -0.2) is 50.6 Å². The van der Waals surface area contributed by atoms with Gasteiger partial charge in [0.1, 0.15) is 0 Å². The Balaban J connectivity index is 2.72. The van der Waals surface area contributed by atoms with Crippen molar-refractivity contribution in [3.05, 3.63) is 0 Å². The van der Waals surface area contributed by atoms with Gasteiger partial charge in [-0.15, -0.1) is 4.28 Å². The fourth-order valence-corrected chi connectivity index (χ4v) is 3.47. The first-order valence-electron chi connectivity index (χ1n) is 8.53. The van der Waals surface area contributed by atoms with Gasteiger partial charge in [-0.2, -0.15) is 13.5 Å². The average molecular weight is 409 g/mol. The molecule has 0 spiro atoms. The molecule has 1 saturated carbocycles. The number of amides is 3. The molecule has 0 aromatic carbocycles. The fraction of sp³-hybridized carbons (Fsp3) is 0.800. The Morgan fingerprint density at radius 3 is 2.11 bits per heavy atom. The number of primary amides is 2. The summed E-state index contributed by atoms with van der Waals surface area (Å²) >= 11 is 0. The third kappa shape index (κ3) is 6.96. The standard InChI is InChI=1S/C15H27N3O8S/c1-4-24-13(20)15(2,3)9-25-27(22,23)26-18(14(17)21)11-7-5-10(6-8-11)12(16)19/h10-11H,4-9H2,1-3H3,(H2,16,19)(H2,17,21). The second-order valence-electron chi connectivity index (χ2n) is 6.92. The molecule has 4 N–H and O–H groups in total. The van der Waals surface area contributed by atoms with Crippen LogP contribution in [0.3, 0.4) is 0 Å². The first-order valence-corrected chi connectivity index (χ1v) is 9.87. The van der Waals surface area contributed by atoms with Gasteiger partial charge in [-0.3, -0.25) is 9.59 Å². The summed E-state index contributed by atoms with van der Waals surface area (Å²) in [5.74, 6) is -1.43. The lowest BCUT2D eigenvalue weighted by molar-refractivity contribution is -0.155. The van der Waals surface area contributed by atoms with Crippen molar-refractivity contribution < 1.29 is 36.0 Å². The molecule has 0 saturated heterocycles. The van der Waals surface area contributed by atoms with Gasteiger partial charge in [-0.05, 0) is 46.5 Å². The van der Waals surface area contributed by atoms with Crippen molar-refractivity contribution in [3.8, 4) is 0 Å². The van der Waals surface area contributed by atoms with Gasteiger partial charge in [-0.25, -0.2) is 8.98 Å². The van der Waals surface area contributed by atoms with E-state index in [4.69, 9.17) is 24.7 Å². The fourth-order valence-electron chi connectivity index (χ4n) is 2.60. The molecule has 0 aliphatic heterocycles. The van der Waals surface area contributed by atoms with Gasteiger partial charge in [0, 0.05) is 5.92 Å². The molecule has 0 heterocycles. The maximum atomic E-state index is 12.1. The minimum Gasteiger partial charge on any atom is -0.466 e.